The van der Waals surface area contributed by atoms with Crippen molar-refractivity contribution >= 4 is 12.1 Å². The van der Waals surface area contributed by atoms with Crippen LogP contribution in [0.1, 0.15) is 42.8 Å². The second-order valence-corrected chi connectivity index (χ2v) is 5.94. The molecule has 1 aromatic rings. The van der Waals surface area contributed by atoms with Gasteiger partial charge in [-0.2, -0.15) is 0 Å². The van der Waals surface area contributed by atoms with Crippen molar-refractivity contribution in [1.29, 1.82) is 0 Å². The fraction of sp³-hybridized carbons (Fsp3) is 0.467. The predicted octanol–water partition coefficient (Wildman–Crippen LogP) is 1.44. The maximum atomic E-state index is 13.7. The number of carboxylic acid groups (broad SMARTS) is 1. The van der Waals surface area contributed by atoms with Crippen LogP contribution in [0.15, 0.2) is 18.2 Å². The van der Waals surface area contributed by atoms with Crippen molar-refractivity contribution in [3.05, 3.63) is 35.1 Å². The van der Waals surface area contributed by atoms with Gasteiger partial charge in [0.1, 0.15) is 23.6 Å². The van der Waals surface area contributed by atoms with Crippen LogP contribution in [0.2, 0.25) is 0 Å². The first kappa shape index (κ1) is 18.9. The van der Waals surface area contributed by atoms with Gasteiger partial charge in [-0.15, -0.1) is 0 Å². The largest absolute Gasteiger partial charge is 0.478 e. The zero-order valence-corrected chi connectivity index (χ0v) is 13.0. The van der Waals surface area contributed by atoms with Crippen LogP contribution >= 0.6 is 0 Å². The first-order chi connectivity index (χ1) is 10.5. The van der Waals surface area contributed by atoms with Crippen LogP contribution in [0.25, 0.3) is 0 Å². The minimum absolute atomic E-state index is 0.229. The van der Waals surface area contributed by atoms with Gasteiger partial charge in [0.05, 0.1) is 5.56 Å². The number of aromatic carboxylic acids is 1. The van der Waals surface area contributed by atoms with Crippen molar-refractivity contribution in [2.45, 2.75) is 38.6 Å². The summed E-state index contributed by atoms with van der Waals surface area (Å²) < 4.78 is 18.6. The molecule has 0 saturated carbocycles. The van der Waals surface area contributed by atoms with E-state index in [-0.39, 0.29) is 11.1 Å². The summed E-state index contributed by atoms with van der Waals surface area (Å²) in [6.07, 6.45) is -4.05. The highest BCUT2D eigenvalue weighted by Gasteiger charge is 2.24. The molecule has 7 nitrogen and oxygen atoms in total. The highest BCUT2D eigenvalue weighted by molar-refractivity contribution is 5.87. The van der Waals surface area contributed by atoms with Gasteiger partial charge in [0.2, 0.25) is 0 Å². The van der Waals surface area contributed by atoms with Gasteiger partial charge in [-0.25, -0.2) is 14.0 Å². The molecular weight excluding hydrogens is 309 g/mol. The predicted molar refractivity (Wildman–Crippen MR) is 78.6 cm³/mol. The lowest BCUT2D eigenvalue weighted by molar-refractivity contribution is 0.0113. The molecule has 1 amide bonds. The highest BCUT2D eigenvalue weighted by atomic mass is 19.1. The molecule has 0 saturated heterocycles. The maximum absolute atomic E-state index is 13.7. The van der Waals surface area contributed by atoms with E-state index in [1.54, 1.807) is 20.8 Å². The number of ether oxygens (including phenoxy) is 1. The van der Waals surface area contributed by atoms with Crippen LogP contribution in [-0.2, 0) is 4.74 Å². The molecule has 0 fully saturated rings. The number of aliphatic hydroxyl groups excluding tert-OH is 2. The molecule has 128 valence electrons. The highest BCUT2D eigenvalue weighted by Crippen LogP contribution is 2.22. The van der Waals surface area contributed by atoms with Gasteiger partial charge in [-0.3, -0.25) is 0 Å². The molecule has 0 aliphatic heterocycles. The molecular formula is C15H20FNO6. The lowest BCUT2D eigenvalue weighted by Crippen LogP contribution is -2.39. The molecule has 0 radical (unpaired) electrons. The van der Waals surface area contributed by atoms with Crippen molar-refractivity contribution < 1.29 is 34.0 Å². The first-order valence-electron chi connectivity index (χ1n) is 6.87. The Morgan fingerprint density at radius 2 is 1.91 bits per heavy atom. The quantitative estimate of drug-likeness (QED) is 0.649. The number of carbonyl (C=O) groups is 2. The van der Waals surface area contributed by atoms with Crippen LogP contribution in [0.3, 0.4) is 0 Å². The average molecular weight is 329 g/mol. The zero-order valence-electron chi connectivity index (χ0n) is 13.0. The summed E-state index contributed by atoms with van der Waals surface area (Å²) in [5.41, 5.74) is -1.33. The normalized spacial score (nSPS) is 14.0. The van der Waals surface area contributed by atoms with Crippen LogP contribution in [-0.4, -0.2) is 45.6 Å². The fourth-order valence-corrected chi connectivity index (χ4v) is 1.72. The summed E-state index contributed by atoms with van der Waals surface area (Å²) in [4.78, 5) is 22.3. The van der Waals surface area contributed by atoms with Gasteiger partial charge >= 0.3 is 12.1 Å². The molecule has 1 rings (SSSR count). The third-order valence-corrected chi connectivity index (χ3v) is 2.78. The molecule has 2 atom stereocenters. The minimum atomic E-state index is -1.70. The summed E-state index contributed by atoms with van der Waals surface area (Å²) in [5, 5.41) is 30.9. The number of rotatable bonds is 5. The maximum Gasteiger partial charge on any atom is 0.407 e. The SMILES string of the molecule is CC(C)(C)OC(=O)NCC(O)C(O)c1cc(C(=O)O)ccc1F. The standard InChI is InChI=1S/C15H20FNO6/c1-15(2,3)23-14(22)17-7-11(18)12(19)9-6-8(13(20)21)4-5-10(9)16/h4-6,11-12,18-19H,7H2,1-3H3,(H,17,22)(H,20,21). The van der Waals surface area contributed by atoms with E-state index in [0.29, 0.717) is 0 Å². The van der Waals surface area contributed by atoms with E-state index in [4.69, 9.17) is 9.84 Å². The molecule has 23 heavy (non-hydrogen) atoms. The number of nitrogens with one attached hydrogen (secondary N) is 1. The van der Waals surface area contributed by atoms with Crippen molar-refractivity contribution in [3.63, 3.8) is 0 Å². The fourth-order valence-electron chi connectivity index (χ4n) is 1.72. The summed E-state index contributed by atoms with van der Waals surface area (Å²) in [5.74, 6) is -2.15. The van der Waals surface area contributed by atoms with Crippen LogP contribution in [0, 0.1) is 5.82 Å². The van der Waals surface area contributed by atoms with E-state index in [2.05, 4.69) is 5.32 Å². The number of halogens is 1. The number of hydrogen-bond acceptors (Lipinski definition) is 5. The van der Waals surface area contributed by atoms with Crippen molar-refractivity contribution in [2.24, 2.45) is 0 Å². The van der Waals surface area contributed by atoms with Gasteiger partial charge in [-0.1, -0.05) is 0 Å². The second-order valence-electron chi connectivity index (χ2n) is 5.94. The topological polar surface area (TPSA) is 116 Å². The molecule has 0 aliphatic carbocycles. The Labute approximate surface area is 132 Å². The monoisotopic (exact) mass is 329 g/mol. The van der Waals surface area contributed by atoms with E-state index in [0.717, 1.165) is 18.2 Å². The molecule has 0 aromatic heterocycles. The third-order valence-electron chi connectivity index (χ3n) is 2.78. The molecule has 2 unspecified atom stereocenters. The number of amides is 1. The van der Waals surface area contributed by atoms with Gasteiger partial charge in [0.15, 0.2) is 0 Å². The summed E-state index contributed by atoms with van der Waals surface area (Å²) in [6.45, 7) is 4.58. The molecule has 0 heterocycles. The van der Waals surface area contributed by atoms with E-state index in [1.807, 2.05) is 0 Å². The first-order valence-corrected chi connectivity index (χ1v) is 6.87. The summed E-state index contributed by atoms with van der Waals surface area (Å²) in [6, 6.07) is 2.86. The van der Waals surface area contributed by atoms with Crippen LogP contribution < -0.4 is 5.32 Å². The Morgan fingerprint density at radius 1 is 1.30 bits per heavy atom. The number of carboxylic acids is 1. The van der Waals surface area contributed by atoms with E-state index < -0.39 is 42.2 Å². The smallest absolute Gasteiger partial charge is 0.407 e. The molecule has 0 bridgehead atoms. The van der Waals surface area contributed by atoms with E-state index >= 15 is 0 Å². The van der Waals surface area contributed by atoms with Crippen molar-refractivity contribution in [2.75, 3.05) is 6.54 Å². The number of benzene rings is 1. The van der Waals surface area contributed by atoms with Crippen molar-refractivity contribution in [3.8, 4) is 0 Å². The number of hydrogen-bond donors (Lipinski definition) is 4. The van der Waals surface area contributed by atoms with Gasteiger partial charge in [-0.05, 0) is 39.0 Å². The number of carbonyl (C=O) groups excluding carboxylic acids is 1. The Morgan fingerprint density at radius 3 is 2.43 bits per heavy atom. The lowest BCUT2D eigenvalue weighted by atomic mass is 10.0. The number of aliphatic hydroxyl groups is 2. The van der Waals surface area contributed by atoms with Gasteiger partial charge < -0.3 is 25.4 Å². The Kier molecular flexibility index (Phi) is 6.05. The molecule has 0 aliphatic rings. The van der Waals surface area contributed by atoms with Crippen LogP contribution in [0.4, 0.5) is 9.18 Å². The van der Waals surface area contributed by atoms with Crippen LogP contribution in [0.5, 0.6) is 0 Å². The van der Waals surface area contributed by atoms with Gasteiger partial charge in [0.25, 0.3) is 0 Å². The lowest BCUT2D eigenvalue weighted by Gasteiger charge is -2.22. The molecule has 4 N–H and O–H groups in total. The summed E-state index contributed by atoms with van der Waals surface area (Å²) in [7, 11) is 0. The van der Waals surface area contributed by atoms with Crippen molar-refractivity contribution in [1.82, 2.24) is 5.32 Å². The zero-order chi connectivity index (χ0) is 17.8. The molecule has 0 spiro atoms. The molecule has 1 aromatic carbocycles. The minimum Gasteiger partial charge on any atom is -0.478 e. The third kappa shape index (κ3) is 5.84. The van der Waals surface area contributed by atoms with E-state index in [1.165, 1.54) is 0 Å². The van der Waals surface area contributed by atoms with E-state index in [9.17, 15) is 24.2 Å². The Balaban J connectivity index is 2.73. The number of alkyl carbamates (subject to hydrolysis) is 1. The molecule has 8 heteroatoms. The van der Waals surface area contributed by atoms with Gasteiger partial charge in [0, 0.05) is 12.1 Å². The Hall–Kier alpha value is -2.19. The Bertz CT molecular complexity index is 584. The summed E-state index contributed by atoms with van der Waals surface area (Å²) >= 11 is 0. The second kappa shape index (κ2) is 7.38. The average Bonchev–Trinajstić information content (AvgIpc) is 2.42.